The summed E-state index contributed by atoms with van der Waals surface area (Å²) in [6.45, 7) is 3.85. The number of allylic oxidation sites excluding steroid dienone is 1. The Morgan fingerprint density at radius 1 is 1.07 bits per heavy atom. The maximum absolute atomic E-state index is 4.46. The second-order valence-electron chi connectivity index (χ2n) is 3.55. The van der Waals surface area contributed by atoms with Crippen LogP contribution in [0.25, 0.3) is 6.08 Å². The Kier molecular flexibility index (Phi) is 1.62. The highest BCUT2D eigenvalue weighted by atomic mass is 15.2. The Bertz CT molecular complexity index is 521. The highest BCUT2D eigenvalue weighted by Crippen LogP contribution is 2.23. The highest BCUT2D eigenvalue weighted by molar-refractivity contribution is 6.06. The van der Waals surface area contributed by atoms with E-state index in [-0.39, 0.29) is 0 Å². The molecule has 2 aliphatic heterocycles. The smallest absolute Gasteiger partial charge is 0.145 e. The monoisotopic (exact) mass is 194 g/mol. The molecule has 2 nitrogen and oxygen atoms in total. The molecule has 15 heavy (non-hydrogen) atoms. The predicted octanol–water partition coefficient (Wildman–Crippen LogP) is 2.76. The molecule has 0 unspecified atom stereocenters. The van der Waals surface area contributed by atoms with Crippen molar-refractivity contribution < 1.29 is 0 Å². The first-order valence-electron chi connectivity index (χ1n) is 4.86. The van der Waals surface area contributed by atoms with Crippen molar-refractivity contribution in [3.63, 3.8) is 0 Å². The highest BCUT2D eigenvalue weighted by Gasteiger charge is 2.18. The molecule has 1 aromatic rings. The van der Waals surface area contributed by atoms with Gasteiger partial charge in [0.05, 0.1) is 5.70 Å². The van der Waals surface area contributed by atoms with Gasteiger partial charge in [-0.25, -0.2) is 4.99 Å². The zero-order valence-corrected chi connectivity index (χ0v) is 8.22. The summed E-state index contributed by atoms with van der Waals surface area (Å²) in [5.41, 5.74) is 3.16. The van der Waals surface area contributed by atoms with Crippen molar-refractivity contribution in [1.82, 2.24) is 4.90 Å². The second kappa shape index (κ2) is 2.95. The summed E-state index contributed by atoms with van der Waals surface area (Å²) < 4.78 is 0. The van der Waals surface area contributed by atoms with E-state index in [0.717, 1.165) is 17.1 Å². The van der Waals surface area contributed by atoms with Gasteiger partial charge >= 0.3 is 0 Å². The molecule has 0 fully saturated rings. The van der Waals surface area contributed by atoms with Crippen molar-refractivity contribution >= 4 is 11.9 Å². The third kappa shape index (κ3) is 1.22. The molecular formula is C13H10N2. The van der Waals surface area contributed by atoms with Gasteiger partial charge < -0.3 is 4.90 Å². The van der Waals surface area contributed by atoms with E-state index in [2.05, 4.69) is 29.8 Å². The van der Waals surface area contributed by atoms with E-state index in [4.69, 9.17) is 0 Å². The van der Waals surface area contributed by atoms with Gasteiger partial charge in [0.15, 0.2) is 0 Å². The number of rotatable bonds is 0. The van der Waals surface area contributed by atoms with Crippen LogP contribution in [0.3, 0.4) is 0 Å². The van der Waals surface area contributed by atoms with Crippen LogP contribution in [0.5, 0.6) is 0 Å². The predicted molar refractivity (Wildman–Crippen MR) is 62.1 cm³/mol. The van der Waals surface area contributed by atoms with Crippen molar-refractivity contribution in [3.8, 4) is 0 Å². The fourth-order valence-electron chi connectivity index (χ4n) is 1.79. The fourth-order valence-corrected chi connectivity index (χ4v) is 1.79. The molecule has 72 valence electrons. The molecule has 3 rings (SSSR count). The molecular weight excluding hydrogens is 184 g/mol. The van der Waals surface area contributed by atoms with E-state index >= 15 is 0 Å². The van der Waals surface area contributed by atoms with Gasteiger partial charge in [0, 0.05) is 18.0 Å². The van der Waals surface area contributed by atoms with E-state index in [1.807, 2.05) is 35.5 Å². The molecule has 0 radical (unpaired) electrons. The van der Waals surface area contributed by atoms with Gasteiger partial charge in [-0.2, -0.15) is 0 Å². The number of benzene rings is 1. The van der Waals surface area contributed by atoms with Crippen LogP contribution in [-0.2, 0) is 0 Å². The summed E-state index contributed by atoms with van der Waals surface area (Å²) in [7, 11) is 0. The lowest BCUT2D eigenvalue weighted by atomic mass is 10.0. The first-order valence-corrected chi connectivity index (χ1v) is 4.86. The molecule has 0 atom stereocenters. The number of nitrogens with zero attached hydrogens (tertiary/aromatic N) is 2. The molecule has 0 aromatic heterocycles. The first kappa shape index (κ1) is 8.24. The Balaban J connectivity index is 2.22. The van der Waals surface area contributed by atoms with Gasteiger partial charge in [0.2, 0.25) is 0 Å². The molecule has 2 heteroatoms. The van der Waals surface area contributed by atoms with Crippen molar-refractivity contribution in [1.29, 1.82) is 0 Å². The Morgan fingerprint density at radius 3 is 2.80 bits per heavy atom. The maximum Gasteiger partial charge on any atom is 0.145 e. The van der Waals surface area contributed by atoms with Crippen molar-refractivity contribution in [2.75, 3.05) is 0 Å². The minimum absolute atomic E-state index is 0.798. The Morgan fingerprint density at radius 2 is 1.87 bits per heavy atom. The van der Waals surface area contributed by atoms with E-state index in [9.17, 15) is 0 Å². The van der Waals surface area contributed by atoms with Gasteiger partial charge in [0.25, 0.3) is 0 Å². The molecule has 0 saturated heterocycles. The topological polar surface area (TPSA) is 15.6 Å². The minimum atomic E-state index is 0.798. The van der Waals surface area contributed by atoms with Gasteiger partial charge in [-0.05, 0) is 17.7 Å². The summed E-state index contributed by atoms with van der Waals surface area (Å²) >= 11 is 0. The molecule has 0 bridgehead atoms. The summed E-state index contributed by atoms with van der Waals surface area (Å²) in [6, 6.07) is 8.23. The number of fused-ring (bicyclic) bond motifs is 3. The zero-order valence-electron chi connectivity index (χ0n) is 8.22. The summed E-state index contributed by atoms with van der Waals surface area (Å²) in [5.74, 6) is 0.959. The van der Waals surface area contributed by atoms with Gasteiger partial charge in [-0.3, -0.25) is 0 Å². The lowest BCUT2D eigenvalue weighted by Crippen LogP contribution is -2.26. The van der Waals surface area contributed by atoms with Crippen molar-refractivity contribution in [2.45, 2.75) is 0 Å². The fraction of sp³-hybridized carbons (Fsp3) is 0. The largest absolute Gasteiger partial charge is 0.308 e. The molecule has 0 spiro atoms. The van der Waals surface area contributed by atoms with Gasteiger partial charge in [0.1, 0.15) is 5.84 Å². The molecule has 2 aliphatic rings. The van der Waals surface area contributed by atoms with Crippen LogP contribution in [0.4, 0.5) is 0 Å². The molecule has 0 amide bonds. The Hall–Kier alpha value is -2.09. The van der Waals surface area contributed by atoms with E-state index in [0.29, 0.717) is 0 Å². The second-order valence-corrected chi connectivity index (χ2v) is 3.55. The number of hydrogen-bond donors (Lipinski definition) is 0. The normalized spacial score (nSPS) is 17.2. The van der Waals surface area contributed by atoms with Crippen LogP contribution < -0.4 is 0 Å². The number of hydrogen-bond acceptors (Lipinski definition) is 2. The van der Waals surface area contributed by atoms with Crippen molar-refractivity contribution in [3.05, 3.63) is 66.1 Å². The van der Waals surface area contributed by atoms with Crippen LogP contribution >= 0.6 is 0 Å². The quantitative estimate of drug-likeness (QED) is 0.620. The van der Waals surface area contributed by atoms with E-state index < -0.39 is 0 Å². The average molecular weight is 194 g/mol. The van der Waals surface area contributed by atoms with Crippen LogP contribution in [-0.4, -0.2) is 10.7 Å². The van der Waals surface area contributed by atoms with E-state index in [1.165, 1.54) is 5.56 Å². The minimum Gasteiger partial charge on any atom is -0.308 e. The molecule has 0 saturated carbocycles. The van der Waals surface area contributed by atoms with Gasteiger partial charge in [-0.15, -0.1) is 0 Å². The SMILES string of the molecule is C=C1C=CN2C=Cc3ccccc3C2=N1. The maximum atomic E-state index is 4.46. The van der Waals surface area contributed by atoms with Crippen LogP contribution in [0.1, 0.15) is 11.1 Å². The summed E-state index contributed by atoms with van der Waals surface area (Å²) in [4.78, 5) is 6.47. The first-order chi connectivity index (χ1) is 7.34. The lowest BCUT2D eigenvalue weighted by Gasteiger charge is -2.26. The third-order valence-electron chi connectivity index (χ3n) is 2.54. The van der Waals surface area contributed by atoms with Gasteiger partial charge in [-0.1, -0.05) is 30.8 Å². The number of amidine groups is 1. The van der Waals surface area contributed by atoms with Crippen LogP contribution in [0.2, 0.25) is 0 Å². The summed E-state index contributed by atoms with van der Waals surface area (Å²) in [6.07, 6.45) is 8.00. The zero-order chi connectivity index (χ0) is 10.3. The Labute approximate surface area is 88.6 Å². The lowest BCUT2D eigenvalue weighted by molar-refractivity contribution is 0.746. The van der Waals surface area contributed by atoms with E-state index in [1.54, 1.807) is 0 Å². The van der Waals surface area contributed by atoms with Crippen LogP contribution in [0, 0.1) is 0 Å². The molecule has 1 aromatic carbocycles. The van der Waals surface area contributed by atoms with Crippen molar-refractivity contribution in [2.24, 2.45) is 4.99 Å². The third-order valence-corrected chi connectivity index (χ3v) is 2.54. The molecule has 0 N–H and O–H groups in total. The standard InChI is InChI=1S/C13H10N2/c1-10-6-8-15-9-7-11-4-2-3-5-12(11)13(15)14-10/h2-9H,1H2. The summed E-state index contributed by atoms with van der Waals surface area (Å²) in [5, 5.41) is 0. The molecule has 2 heterocycles. The molecule has 0 aliphatic carbocycles. The average Bonchev–Trinajstić information content (AvgIpc) is 2.29. The number of aliphatic imine (C=N–C) groups is 1. The van der Waals surface area contributed by atoms with Crippen LogP contribution in [0.15, 0.2) is 60.0 Å².